The average molecular weight is 1340 g/mol. The Balaban J connectivity index is 0.978. The number of ether oxygens (including phenoxy) is 6. The van der Waals surface area contributed by atoms with Gasteiger partial charge in [0.2, 0.25) is 0 Å². The molecule has 514 valence electrons. The lowest BCUT2D eigenvalue weighted by molar-refractivity contribution is -0.434. The van der Waals surface area contributed by atoms with E-state index < -0.39 is 36.4 Å². The summed E-state index contributed by atoms with van der Waals surface area (Å²) >= 11 is 0. The summed E-state index contributed by atoms with van der Waals surface area (Å²) in [6, 6.07) is 54.5. The summed E-state index contributed by atoms with van der Waals surface area (Å²) in [5.41, 5.74) is 14.2. The molecule has 0 saturated carbocycles. The minimum absolute atomic E-state index is 0.170. The second kappa shape index (κ2) is 26.3. The van der Waals surface area contributed by atoms with E-state index in [2.05, 4.69) is 177 Å². The second-order valence-electron chi connectivity index (χ2n) is 31.4. The molecule has 0 N–H and O–H groups in total. The zero-order chi connectivity index (χ0) is 69.9. The predicted octanol–water partition coefficient (Wildman–Crippen LogP) is 15.6. The first-order valence-electron chi connectivity index (χ1n) is 34.7. The molecule has 8 aromatic carbocycles. The van der Waals surface area contributed by atoms with Crippen molar-refractivity contribution in [1.82, 2.24) is 30.0 Å². The normalized spacial score (nSPS) is 18.0. The molecule has 16 heteroatoms. The van der Waals surface area contributed by atoms with E-state index in [-0.39, 0.29) is 61.2 Å². The van der Waals surface area contributed by atoms with Crippen molar-refractivity contribution >= 4 is 11.9 Å². The van der Waals surface area contributed by atoms with Crippen molar-refractivity contribution in [2.75, 3.05) is 13.2 Å². The maximum atomic E-state index is 14.6. The fourth-order valence-electron chi connectivity index (χ4n) is 14.3. The molecule has 2 aromatic heterocycles. The van der Waals surface area contributed by atoms with Crippen LogP contribution in [0.5, 0.6) is 23.0 Å². The molecule has 0 atom stereocenters. The van der Waals surface area contributed by atoms with Crippen LogP contribution in [0.2, 0.25) is 0 Å². The van der Waals surface area contributed by atoms with Gasteiger partial charge in [0.05, 0.1) is 25.5 Å². The maximum absolute atomic E-state index is 14.6. The van der Waals surface area contributed by atoms with Crippen LogP contribution in [0, 0.1) is 0 Å². The second-order valence-corrected chi connectivity index (χ2v) is 31.4. The first-order chi connectivity index (χ1) is 47.8. The third-order valence-electron chi connectivity index (χ3n) is 19.7. The summed E-state index contributed by atoms with van der Waals surface area (Å²) in [5.74, 6) is 1.36. The quantitative estimate of drug-likeness (QED) is 0.114. The molecule has 16 nitrogen and oxygen atoms in total. The molecule has 0 saturated heterocycles. The highest BCUT2D eigenvalue weighted by atomic mass is 17.2. The zero-order valence-corrected chi connectivity index (χ0v) is 59.4. The van der Waals surface area contributed by atoms with Crippen LogP contribution in [0.15, 0.2) is 170 Å². The van der Waals surface area contributed by atoms with Gasteiger partial charge in [-0.05, 0) is 99.5 Å². The molecule has 6 heterocycles. The van der Waals surface area contributed by atoms with Crippen LogP contribution in [0.4, 0.5) is 0 Å². The first-order valence-corrected chi connectivity index (χ1v) is 34.7. The Kier molecular flexibility index (Phi) is 17.7. The lowest BCUT2D eigenvalue weighted by Gasteiger charge is -2.52. The topological polar surface area (TPSA) is 169 Å². The summed E-state index contributed by atoms with van der Waals surface area (Å²) in [5, 5.41) is 18.2. The Hall–Kier alpha value is -9.90. The van der Waals surface area contributed by atoms with Gasteiger partial charge in [-0.25, -0.2) is 28.7 Å². The highest BCUT2D eigenvalue weighted by Crippen LogP contribution is 2.58. The van der Waals surface area contributed by atoms with Gasteiger partial charge < -0.3 is 28.4 Å². The third kappa shape index (κ3) is 13.7. The SMILES string of the molecule is CC(C)(C)c1cc2c3c(c1)Cc1cc(C(C)(C)C)cc(c1OCc1ccccc1)Cc1cc(C(C)(C)C)cc(c1OCC(=O)OCc1cn(nn1)CC14OOC(Cn5cc(nn5)COC(=O)CO3)(c3ccccc31)c1ccccc14)Cc1cc(C(C)(C)C)cc(c1OCc1ccccc1)C2. The minimum Gasteiger partial charge on any atom is -0.488 e. The fourth-order valence-corrected chi connectivity index (χ4v) is 14.3. The molecule has 6 aliphatic rings. The smallest absolute Gasteiger partial charge is 0.344 e. The number of aromatic nitrogens is 6. The number of fused-ring (bicyclic) bond motifs is 8. The standard InChI is InChI=1S/C84H88N6O10/c1-79(2,3)63-35-55-31-59-39-65(81(7,8)9)41-61-33-57-37-64(80(4,5)6)38-58(76(57)96-46-54-25-17-14-18-26-54)34-62-42-66(82(10,11)12)40-60(32-56(36-63)75(55)95-45-53-23-15-13-16-24-53)78(62)98-50-74(92)94-48-68-44-90(88-86-68)52-84-71-29-21-19-27-69(71)83(99-100-84,70-28-20-22-30-72(70)84)51-89-43-67(85-87-89)47-93-73(91)49-97-77(59)61/h13-30,35-44H,31-34,45-52H2,1-12H3. The van der Waals surface area contributed by atoms with Gasteiger partial charge in [-0.2, -0.15) is 0 Å². The van der Waals surface area contributed by atoms with Crippen molar-refractivity contribution in [2.45, 2.75) is 181 Å². The molecule has 0 radical (unpaired) electrons. The molecule has 16 bridgehead atoms. The number of carbonyl (C=O) groups is 2. The number of hydrogen-bond donors (Lipinski definition) is 0. The lowest BCUT2D eigenvalue weighted by Crippen LogP contribution is -2.55. The van der Waals surface area contributed by atoms with Gasteiger partial charge >= 0.3 is 11.9 Å². The van der Waals surface area contributed by atoms with Crippen LogP contribution in [0.25, 0.3) is 0 Å². The number of benzene rings is 8. The largest absolute Gasteiger partial charge is 0.488 e. The van der Waals surface area contributed by atoms with E-state index in [0.717, 1.165) is 100 Å². The number of hydrogen-bond acceptors (Lipinski definition) is 14. The monoisotopic (exact) mass is 1340 g/mol. The Morgan fingerprint density at radius 3 is 0.970 bits per heavy atom. The first kappa shape index (κ1) is 67.3. The molecular formula is C84H88N6O10. The van der Waals surface area contributed by atoms with Crippen LogP contribution < -0.4 is 18.9 Å². The molecule has 100 heavy (non-hydrogen) atoms. The zero-order valence-electron chi connectivity index (χ0n) is 59.4. The lowest BCUT2D eigenvalue weighted by atomic mass is 9.66. The predicted molar refractivity (Wildman–Crippen MR) is 381 cm³/mol. The molecule has 4 aliphatic heterocycles. The molecule has 0 fully saturated rings. The fraction of sp³-hybridized carbons (Fsp3) is 0.357. The molecule has 10 aromatic rings. The van der Waals surface area contributed by atoms with Gasteiger partial charge in [0.15, 0.2) is 24.4 Å². The average Bonchev–Trinajstić information content (AvgIpc) is 0.779. The van der Waals surface area contributed by atoms with Crippen LogP contribution in [-0.2, 0) is 127 Å². The van der Waals surface area contributed by atoms with Crippen molar-refractivity contribution in [3.05, 3.63) is 282 Å². The van der Waals surface area contributed by atoms with Crippen molar-refractivity contribution in [2.24, 2.45) is 0 Å². The van der Waals surface area contributed by atoms with Gasteiger partial charge in [-0.15, -0.1) is 10.2 Å². The Labute approximate surface area is 585 Å². The summed E-state index contributed by atoms with van der Waals surface area (Å²) in [7, 11) is 0. The van der Waals surface area contributed by atoms with E-state index in [1.54, 1.807) is 21.8 Å². The van der Waals surface area contributed by atoms with Gasteiger partial charge in [0.25, 0.3) is 0 Å². The number of esters is 2. The Bertz CT molecular complexity index is 4290. The highest BCUT2D eigenvalue weighted by molar-refractivity contribution is 5.72. The van der Waals surface area contributed by atoms with Crippen molar-refractivity contribution in [3.63, 3.8) is 0 Å². The summed E-state index contributed by atoms with van der Waals surface area (Å²) in [6.07, 6.45) is 4.91. The molecule has 0 amide bonds. The molecule has 2 aliphatic carbocycles. The molecule has 0 spiro atoms. The van der Waals surface area contributed by atoms with Crippen LogP contribution >= 0.6 is 0 Å². The van der Waals surface area contributed by atoms with Crippen molar-refractivity contribution < 1.29 is 47.8 Å². The van der Waals surface area contributed by atoms with Crippen LogP contribution in [-0.4, -0.2) is 55.1 Å². The van der Waals surface area contributed by atoms with Gasteiger partial charge in [0.1, 0.15) is 60.8 Å². The van der Waals surface area contributed by atoms with Crippen LogP contribution in [0.3, 0.4) is 0 Å². The maximum Gasteiger partial charge on any atom is 0.344 e. The van der Waals surface area contributed by atoms with E-state index in [0.29, 0.717) is 60.1 Å². The number of carbonyl (C=O) groups excluding carboxylic acids is 2. The molecule has 0 unspecified atom stereocenters. The summed E-state index contributed by atoms with van der Waals surface area (Å²) < 4.78 is 44.5. The van der Waals surface area contributed by atoms with Gasteiger partial charge in [0, 0.05) is 47.9 Å². The van der Waals surface area contributed by atoms with E-state index in [4.69, 9.17) is 38.2 Å². The Morgan fingerprint density at radius 1 is 0.380 bits per heavy atom. The third-order valence-corrected chi connectivity index (χ3v) is 19.7. The van der Waals surface area contributed by atoms with Gasteiger partial charge in [-0.3, -0.25) is 0 Å². The van der Waals surface area contributed by atoms with E-state index >= 15 is 0 Å². The van der Waals surface area contributed by atoms with E-state index in [1.165, 1.54) is 0 Å². The molecule has 16 rings (SSSR count). The highest BCUT2D eigenvalue weighted by Gasteiger charge is 2.60. The van der Waals surface area contributed by atoms with Crippen molar-refractivity contribution in [3.8, 4) is 23.0 Å². The van der Waals surface area contributed by atoms with E-state index in [1.807, 2.05) is 84.9 Å². The van der Waals surface area contributed by atoms with Crippen LogP contribution in [0.1, 0.15) is 195 Å². The molecular weight excluding hydrogens is 1250 g/mol. The van der Waals surface area contributed by atoms with Crippen molar-refractivity contribution in [1.29, 1.82) is 0 Å². The number of rotatable bonds is 6. The summed E-state index contributed by atoms with van der Waals surface area (Å²) in [4.78, 5) is 42.6. The van der Waals surface area contributed by atoms with E-state index in [9.17, 15) is 9.59 Å². The Morgan fingerprint density at radius 2 is 0.670 bits per heavy atom. The minimum atomic E-state index is -1.16. The van der Waals surface area contributed by atoms with Gasteiger partial charge in [-0.1, -0.05) is 251 Å². The summed E-state index contributed by atoms with van der Waals surface area (Å²) in [6.45, 7) is 26.5. The number of nitrogens with zero attached hydrogens (tertiary/aromatic N) is 6.